The van der Waals surface area contributed by atoms with Gasteiger partial charge in [0.15, 0.2) is 0 Å². The van der Waals surface area contributed by atoms with E-state index in [1.54, 1.807) is 0 Å². The molecule has 0 fully saturated rings. The second-order valence-corrected chi connectivity index (χ2v) is 13.9. The summed E-state index contributed by atoms with van der Waals surface area (Å²) in [5.74, 6) is -0.357. The van der Waals surface area contributed by atoms with Crippen LogP contribution in [0.3, 0.4) is 0 Å². The number of phosphoric ester groups is 1. The van der Waals surface area contributed by atoms with Crippen molar-refractivity contribution in [1.29, 1.82) is 0 Å². The summed E-state index contributed by atoms with van der Waals surface area (Å²) < 4.78 is 33.9. The molecule has 0 N–H and O–H groups in total. The van der Waals surface area contributed by atoms with Crippen LogP contribution in [0.25, 0.3) is 0 Å². The topological polar surface area (TPSA) is 94.1 Å². The predicted octanol–water partition coefficient (Wildman–Crippen LogP) is 7.96. The quantitative estimate of drug-likeness (QED) is 0.0341. The van der Waals surface area contributed by atoms with Crippen LogP contribution in [0.2, 0.25) is 0 Å². The summed E-state index contributed by atoms with van der Waals surface area (Å²) in [5.41, 5.74) is 0. The van der Waals surface area contributed by atoms with Gasteiger partial charge >= 0.3 is 5.97 Å². The molecule has 0 radical (unpaired) electrons. The number of unbranched alkanes of at least 4 members (excludes halogenated alkanes) is 17. The van der Waals surface area contributed by atoms with Gasteiger partial charge in [-0.1, -0.05) is 123 Å². The second kappa shape index (κ2) is 27.1. The molecule has 246 valence electrons. The van der Waals surface area contributed by atoms with Gasteiger partial charge in [-0.2, -0.15) is 0 Å². The summed E-state index contributed by atoms with van der Waals surface area (Å²) in [7, 11) is 1.36. The smallest absolute Gasteiger partial charge is 0.306 e. The van der Waals surface area contributed by atoms with Crippen molar-refractivity contribution < 1.29 is 37.3 Å². The number of hydrogen-bond acceptors (Lipinski definition) is 7. The Labute approximate surface area is 253 Å². The monoisotopic (exact) mass is 607 g/mol. The third kappa shape index (κ3) is 30.8. The fourth-order valence-electron chi connectivity index (χ4n) is 4.49. The maximum atomic E-state index is 12.2. The highest BCUT2D eigenvalue weighted by Crippen LogP contribution is 2.38. The number of rotatable bonds is 31. The Kier molecular flexibility index (Phi) is 26.7. The lowest BCUT2D eigenvalue weighted by atomic mass is 10.0. The van der Waals surface area contributed by atoms with Crippen LogP contribution in [0.1, 0.15) is 142 Å². The average Bonchev–Trinajstić information content (AvgIpc) is 2.90. The number of carbonyl (C=O) groups excluding carboxylic acids is 1. The molecule has 0 aromatic carbocycles. The molecule has 0 spiro atoms. The van der Waals surface area contributed by atoms with Gasteiger partial charge in [-0.25, -0.2) is 0 Å². The molecule has 0 saturated heterocycles. The standard InChI is InChI=1S/C32H66NO7P/c1-6-8-10-11-12-13-14-15-16-17-18-19-20-21-22-24-27-37-29-31(40-32(34)25-23-9-7-2)30-39-41(35,36)38-28-26-33(3,4)5/h31H,6-30H2,1-5H3. The molecule has 0 aliphatic carbocycles. The van der Waals surface area contributed by atoms with Gasteiger partial charge in [0.25, 0.3) is 7.82 Å². The van der Waals surface area contributed by atoms with E-state index in [4.69, 9.17) is 18.5 Å². The van der Waals surface area contributed by atoms with Crippen molar-refractivity contribution in [3.8, 4) is 0 Å². The fourth-order valence-corrected chi connectivity index (χ4v) is 5.21. The average molecular weight is 608 g/mol. The highest BCUT2D eigenvalue weighted by atomic mass is 31.2. The lowest BCUT2D eigenvalue weighted by molar-refractivity contribution is -0.870. The third-order valence-electron chi connectivity index (χ3n) is 7.16. The molecule has 0 bridgehead atoms. The van der Waals surface area contributed by atoms with Gasteiger partial charge in [0.2, 0.25) is 0 Å². The van der Waals surface area contributed by atoms with Gasteiger partial charge in [-0.05, 0) is 12.8 Å². The minimum atomic E-state index is -4.49. The van der Waals surface area contributed by atoms with E-state index >= 15 is 0 Å². The number of ether oxygens (including phenoxy) is 2. The molecule has 0 aromatic rings. The van der Waals surface area contributed by atoms with E-state index in [1.165, 1.54) is 89.9 Å². The van der Waals surface area contributed by atoms with Crippen LogP contribution in [0.5, 0.6) is 0 Å². The maximum absolute atomic E-state index is 12.2. The zero-order chi connectivity index (χ0) is 30.7. The van der Waals surface area contributed by atoms with E-state index < -0.39 is 13.9 Å². The first-order valence-corrected chi connectivity index (χ1v) is 18.2. The number of hydrogen-bond donors (Lipinski definition) is 0. The number of esters is 1. The summed E-state index contributed by atoms with van der Waals surface area (Å²) in [6, 6.07) is 0. The molecule has 0 aliphatic rings. The Hall–Kier alpha value is -0.500. The summed E-state index contributed by atoms with van der Waals surface area (Å²) >= 11 is 0. The number of nitrogens with zero attached hydrogens (tertiary/aromatic N) is 1. The molecule has 0 heterocycles. The van der Waals surface area contributed by atoms with Crippen molar-refractivity contribution in [3.05, 3.63) is 0 Å². The Morgan fingerprint density at radius 2 is 1.12 bits per heavy atom. The Bertz CT molecular complexity index is 642. The second-order valence-electron chi connectivity index (χ2n) is 12.5. The number of quaternary nitrogens is 1. The van der Waals surface area contributed by atoms with Gasteiger partial charge in [0.1, 0.15) is 19.3 Å². The van der Waals surface area contributed by atoms with Gasteiger partial charge in [0, 0.05) is 13.0 Å². The summed E-state index contributed by atoms with van der Waals surface area (Å²) in [5, 5.41) is 0. The molecule has 0 aromatic heterocycles. The lowest BCUT2D eigenvalue weighted by Gasteiger charge is -2.28. The normalized spacial score (nSPS) is 14.2. The maximum Gasteiger partial charge on any atom is 0.306 e. The molecular weight excluding hydrogens is 541 g/mol. The van der Waals surface area contributed by atoms with E-state index in [2.05, 4.69) is 13.8 Å². The molecule has 2 atom stereocenters. The molecule has 0 rings (SSSR count). The first kappa shape index (κ1) is 40.5. The van der Waals surface area contributed by atoms with Crippen molar-refractivity contribution in [3.63, 3.8) is 0 Å². The van der Waals surface area contributed by atoms with Crippen LogP contribution in [-0.4, -0.2) is 70.7 Å². The molecule has 0 amide bonds. The van der Waals surface area contributed by atoms with E-state index in [0.717, 1.165) is 32.1 Å². The van der Waals surface area contributed by atoms with Crippen molar-refractivity contribution in [2.45, 2.75) is 148 Å². The summed E-state index contributed by atoms with van der Waals surface area (Å²) in [6.45, 7) is 5.25. The largest absolute Gasteiger partial charge is 0.756 e. The Balaban J connectivity index is 4.02. The van der Waals surface area contributed by atoms with Crippen LogP contribution in [0.4, 0.5) is 0 Å². The third-order valence-corrected chi connectivity index (χ3v) is 8.12. The Morgan fingerprint density at radius 1 is 0.659 bits per heavy atom. The molecule has 8 nitrogen and oxygen atoms in total. The highest BCUT2D eigenvalue weighted by molar-refractivity contribution is 7.45. The highest BCUT2D eigenvalue weighted by Gasteiger charge is 2.20. The summed E-state index contributed by atoms with van der Waals surface area (Å²) in [4.78, 5) is 24.4. The van der Waals surface area contributed by atoms with Crippen molar-refractivity contribution in [2.24, 2.45) is 0 Å². The Morgan fingerprint density at radius 3 is 1.61 bits per heavy atom. The number of carbonyl (C=O) groups is 1. The first-order chi connectivity index (χ1) is 19.6. The van der Waals surface area contributed by atoms with Gasteiger partial charge in [-0.15, -0.1) is 0 Å². The SMILES string of the molecule is CCCCCCCCCCCCCCCCCCOCC(COP(=O)([O-])OCC[N+](C)(C)C)OC(=O)CCCCC. The molecular formula is C32H66NO7P. The van der Waals surface area contributed by atoms with E-state index in [1.807, 2.05) is 21.1 Å². The molecule has 41 heavy (non-hydrogen) atoms. The van der Waals surface area contributed by atoms with Crippen molar-refractivity contribution >= 4 is 13.8 Å². The fraction of sp³-hybridized carbons (Fsp3) is 0.969. The van der Waals surface area contributed by atoms with Gasteiger partial charge in [-0.3, -0.25) is 9.36 Å². The number of phosphoric acid groups is 1. The van der Waals surface area contributed by atoms with Crippen LogP contribution in [-0.2, 0) is 27.9 Å². The first-order valence-electron chi connectivity index (χ1n) is 16.8. The molecule has 0 aliphatic heterocycles. The van der Waals surface area contributed by atoms with Crippen LogP contribution in [0, 0.1) is 0 Å². The van der Waals surface area contributed by atoms with Crippen LogP contribution < -0.4 is 4.89 Å². The predicted molar refractivity (Wildman–Crippen MR) is 167 cm³/mol. The molecule has 9 heteroatoms. The van der Waals surface area contributed by atoms with E-state index in [-0.39, 0.29) is 25.8 Å². The molecule has 0 saturated carbocycles. The molecule has 2 unspecified atom stereocenters. The van der Waals surface area contributed by atoms with Crippen LogP contribution in [0.15, 0.2) is 0 Å². The van der Waals surface area contributed by atoms with Gasteiger partial charge in [0.05, 0.1) is 34.4 Å². The van der Waals surface area contributed by atoms with Crippen molar-refractivity contribution in [1.82, 2.24) is 0 Å². The van der Waals surface area contributed by atoms with E-state index in [0.29, 0.717) is 24.1 Å². The summed E-state index contributed by atoms with van der Waals surface area (Å²) in [6.07, 6.45) is 23.2. The minimum Gasteiger partial charge on any atom is -0.756 e. The minimum absolute atomic E-state index is 0.0293. The van der Waals surface area contributed by atoms with Gasteiger partial charge < -0.3 is 27.9 Å². The van der Waals surface area contributed by atoms with Crippen LogP contribution >= 0.6 is 7.82 Å². The number of likely N-dealkylation sites (N-methyl/N-ethyl adjacent to an activating group) is 1. The van der Waals surface area contributed by atoms with Crippen molar-refractivity contribution in [2.75, 3.05) is 54.1 Å². The zero-order valence-corrected chi connectivity index (χ0v) is 28.4. The van der Waals surface area contributed by atoms with E-state index in [9.17, 15) is 14.3 Å². The lowest BCUT2D eigenvalue weighted by Crippen LogP contribution is -2.37. The zero-order valence-electron chi connectivity index (χ0n) is 27.5.